The molecule has 2 aromatic heterocycles. The summed E-state index contributed by atoms with van der Waals surface area (Å²) in [6.07, 6.45) is 0. The molecule has 8 aromatic rings. The van der Waals surface area contributed by atoms with E-state index in [-0.39, 0.29) is 0 Å². The minimum Gasteiger partial charge on any atom is -0.317 e. The zero-order chi connectivity index (χ0) is 26.6. The summed E-state index contributed by atoms with van der Waals surface area (Å²) in [6, 6.07) is 50.4. The van der Waals surface area contributed by atoms with Gasteiger partial charge in [0.1, 0.15) is 7.80 Å². The van der Waals surface area contributed by atoms with E-state index in [1.165, 1.54) is 43.6 Å². The van der Waals surface area contributed by atoms with Gasteiger partial charge >= 0.3 is 0 Å². The molecular formula is C36H25N2OP. The van der Waals surface area contributed by atoms with Crippen molar-refractivity contribution in [1.29, 1.82) is 0 Å². The van der Waals surface area contributed by atoms with E-state index in [0.717, 1.165) is 22.0 Å². The lowest BCUT2D eigenvalue weighted by molar-refractivity contribution is 0.598. The molecule has 2 heterocycles. The molecular weight excluding hydrogens is 507 g/mol. The number of hydrogen-bond donors (Lipinski definition) is 0. The Balaban J connectivity index is 1.15. The Morgan fingerprint density at radius 1 is 0.350 bits per heavy atom. The fourth-order valence-corrected chi connectivity index (χ4v) is 7.36. The van der Waals surface area contributed by atoms with Crippen molar-refractivity contribution in [2.45, 2.75) is 0 Å². The van der Waals surface area contributed by atoms with Crippen LogP contribution in [-0.4, -0.2) is 9.13 Å². The van der Waals surface area contributed by atoms with Gasteiger partial charge in [0, 0.05) is 43.5 Å². The van der Waals surface area contributed by atoms with Crippen LogP contribution >= 0.6 is 7.80 Å². The van der Waals surface area contributed by atoms with E-state index in [2.05, 4.69) is 130 Å². The normalized spacial score (nSPS) is 11.8. The summed E-state index contributed by atoms with van der Waals surface area (Å²) in [7, 11) is -2.15. The van der Waals surface area contributed by atoms with Crippen LogP contribution in [0.4, 0.5) is 0 Å². The molecule has 0 amide bonds. The Labute approximate surface area is 232 Å². The second-order valence-electron chi connectivity index (χ2n) is 10.2. The minimum absolute atomic E-state index is 0.860. The molecule has 0 spiro atoms. The molecule has 4 heteroatoms. The van der Waals surface area contributed by atoms with E-state index in [1.54, 1.807) is 0 Å². The number of para-hydroxylation sites is 4. The first-order valence-corrected chi connectivity index (χ1v) is 14.9. The van der Waals surface area contributed by atoms with E-state index in [0.29, 0.717) is 0 Å². The van der Waals surface area contributed by atoms with Crippen LogP contribution in [0.15, 0.2) is 146 Å². The van der Waals surface area contributed by atoms with E-state index >= 15 is 0 Å². The molecule has 0 atom stereocenters. The lowest BCUT2D eigenvalue weighted by atomic mass is 10.2. The van der Waals surface area contributed by atoms with Crippen LogP contribution in [0.2, 0.25) is 0 Å². The lowest BCUT2D eigenvalue weighted by Crippen LogP contribution is -2.07. The number of fused-ring (bicyclic) bond motifs is 6. The third-order valence-electron chi connectivity index (χ3n) is 7.94. The number of aromatic nitrogens is 2. The van der Waals surface area contributed by atoms with Gasteiger partial charge in [-0.15, -0.1) is 0 Å². The highest BCUT2D eigenvalue weighted by Crippen LogP contribution is 2.33. The van der Waals surface area contributed by atoms with Gasteiger partial charge in [-0.1, -0.05) is 72.8 Å². The quantitative estimate of drug-likeness (QED) is 0.209. The van der Waals surface area contributed by atoms with Crippen molar-refractivity contribution in [3.8, 4) is 11.4 Å². The first kappa shape index (κ1) is 23.1. The second kappa shape index (κ2) is 9.12. The maximum atomic E-state index is 13.7. The molecule has 0 N–H and O–H groups in total. The predicted octanol–water partition coefficient (Wildman–Crippen LogP) is 8.39. The average Bonchev–Trinajstić information content (AvgIpc) is 3.54. The van der Waals surface area contributed by atoms with Crippen molar-refractivity contribution < 1.29 is 4.57 Å². The van der Waals surface area contributed by atoms with Crippen molar-refractivity contribution in [2.24, 2.45) is 0 Å². The Morgan fingerprint density at radius 2 is 0.625 bits per heavy atom. The Morgan fingerprint density at radius 3 is 0.925 bits per heavy atom. The molecule has 0 aliphatic rings. The zero-order valence-corrected chi connectivity index (χ0v) is 22.7. The first-order chi connectivity index (χ1) is 19.8. The molecule has 0 radical (unpaired) electrons. The van der Waals surface area contributed by atoms with Crippen molar-refractivity contribution in [1.82, 2.24) is 9.13 Å². The minimum atomic E-state index is -2.15. The van der Waals surface area contributed by atoms with Crippen LogP contribution in [0.1, 0.15) is 0 Å². The highest BCUT2D eigenvalue weighted by Gasteiger charge is 2.14. The van der Waals surface area contributed by atoms with Gasteiger partial charge < -0.3 is 13.7 Å². The van der Waals surface area contributed by atoms with Gasteiger partial charge in [-0.2, -0.15) is 0 Å². The fourth-order valence-electron chi connectivity index (χ4n) is 6.09. The van der Waals surface area contributed by atoms with Crippen LogP contribution in [-0.2, 0) is 4.57 Å². The van der Waals surface area contributed by atoms with E-state index in [1.807, 2.05) is 24.3 Å². The summed E-state index contributed by atoms with van der Waals surface area (Å²) < 4.78 is 18.2. The molecule has 6 aromatic carbocycles. The van der Waals surface area contributed by atoms with Crippen LogP contribution in [0, 0.1) is 0 Å². The van der Waals surface area contributed by atoms with Gasteiger partial charge in [0.2, 0.25) is 0 Å². The van der Waals surface area contributed by atoms with Crippen LogP contribution < -0.4 is 10.6 Å². The molecule has 40 heavy (non-hydrogen) atoms. The van der Waals surface area contributed by atoms with E-state index in [4.69, 9.17) is 0 Å². The summed E-state index contributed by atoms with van der Waals surface area (Å²) in [6.45, 7) is 0. The maximum Gasteiger partial charge on any atom is 0.131 e. The van der Waals surface area contributed by atoms with Crippen molar-refractivity contribution in [3.05, 3.63) is 146 Å². The molecule has 0 aliphatic carbocycles. The second-order valence-corrected chi connectivity index (χ2v) is 12.0. The molecule has 0 bridgehead atoms. The number of hydrogen-bond acceptors (Lipinski definition) is 1. The van der Waals surface area contributed by atoms with Gasteiger partial charge in [-0.3, -0.25) is 0 Å². The molecule has 190 valence electrons. The van der Waals surface area contributed by atoms with Crippen molar-refractivity contribution in [3.63, 3.8) is 0 Å². The van der Waals surface area contributed by atoms with Gasteiger partial charge in [0.15, 0.2) is 0 Å². The SMILES string of the molecule is O=[PH](c1ccc(-n2c3ccccc3c3ccccc32)cc1)c1ccc(-n2c3ccccc3c3ccccc32)cc1. The van der Waals surface area contributed by atoms with Crippen LogP contribution in [0.25, 0.3) is 55.0 Å². The van der Waals surface area contributed by atoms with Gasteiger partial charge in [-0.05, 0) is 72.8 Å². The van der Waals surface area contributed by atoms with Crippen LogP contribution in [0.5, 0.6) is 0 Å². The van der Waals surface area contributed by atoms with Crippen molar-refractivity contribution >= 4 is 62.0 Å². The molecule has 0 unspecified atom stereocenters. The summed E-state index contributed by atoms with van der Waals surface area (Å²) in [5, 5.41) is 6.66. The fraction of sp³-hybridized carbons (Fsp3) is 0. The summed E-state index contributed by atoms with van der Waals surface area (Å²) in [4.78, 5) is 0. The average molecular weight is 533 g/mol. The topological polar surface area (TPSA) is 26.9 Å². The highest BCUT2D eigenvalue weighted by atomic mass is 31.1. The van der Waals surface area contributed by atoms with Crippen LogP contribution in [0.3, 0.4) is 0 Å². The zero-order valence-electron chi connectivity index (χ0n) is 21.7. The van der Waals surface area contributed by atoms with E-state index < -0.39 is 7.80 Å². The molecule has 8 rings (SSSR count). The lowest BCUT2D eigenvalue weighted by Gasteiger charge is -2.11. The largest absolute Gasteiger partial charge is 0.317 e. The molecule has 0 saturated heterocycles. The smallest absolute Gasteiger partial charge is 0.131 e. The molecule has 3 nitrogen and oxygen atoms in total. The Bertz CT molecular complexity index is 1960. The van der Waals surface area contributed by atoms with Gasteiger partial charge in [-0.25, -0.2) is 0 Å². The number of nitrogens with zero attached hydrogens (tertiary/aromatic N) is 2. The van der Waals surface area contributed by atoms with Crippen molar-refractivity contribution in [2.75, 3.05) is 0 Å². The third kappa shape index (κ3) is 3.49. The maximum absolute atomic E-state index is 13.7. The summed E-state index contributed by atoms with van der Waals surface area (Å²) in [5.41, 5.74) is 6.82. The third-order valence-corrected chi connectivity index (χ3v) is 9.65. The van der Waals surface area contributed by atoms with Gasteiger partial charge in [0.25, 0.3) is 0 Å². The monoisotopic (exact) mass is 532 g/mol. The highest BCUT2D eigenvalue weighted by molar-refractivity contribution is 7.61. The standard InChI is InChI=1S/C36H25N2OP/c39-40(27-21-17-25(18-22-27)37-33-13-5-1-9-29(33)30-10-2-6-14-34(30)37)28-23-19-26(20-24-28)38-35-15-7-3-11-31(35)32-12-4-8-16-36(32)38/h1-24,40H. The van der Waals surface area contributed by atoms with Gasteiger partial charge in [0.05, 0.1) is 22.1 Å². The Hall–Kier alpha value is -4.85. The number of rotatable bonds is 4. The predicted molar refractivity (Wildman–Crippen MR) is 170 cm³/mol. The molecule has 0 fully saturated rings. The summed E-state index contributed by atoms with van der Waals surface area (Å²) >= 11 is 0. The first-order valence-electron chi connectivity index (χ1n) is 13.5. The number of benzene rings is 6. The summed E-state index contributed by atoms with van der Waals surface area (Å²) in [5.74, 6) is 0. The molecule has 0 aliphatic heterocycles. The van der Waals surface area contributed by atoms with E-state index in [9.17, 15) is 4.57 Å². The molecule has 0 saturated carbocycles. The Kier molecular flexibility index (Phi) is 5.26.